The van der Waals surface area contributed by atoms with E-state index in [2.05, 4.69) is 4.98 Å². The molecule has 1 N–H and O–H groups in total. The van der Waals surface area contributed by atoms with E-state index in [1.807, 2.05) is 30.3 Å². The van der Waals surface area contributed by atoms with Gasteiger partial charge in [-0.3, -0.25) is 10.1 Å². The maximum atomic E-state index is 12.4. The van der Waals surface area contributed by atoms with Gasteiger partial charge in [0.25, 0.3) is 5.69 Å². The third-order valence-electron chi connectivity index (χ3n) is 4.80. The first kappa shape index (κ1) is 18.4. The zero-order chi connectivity index (χ0) is 20.4. The average molecular weight is 386 g/mol. The van der Waals surface area contributed by atoms with E-state index < -0.39 is 17.0 Å². The Hall–Kier alpha value is -3.93. The van der Waals surface area contributed by atoms with Crippen molar-refractivity contribution in [3.8, 4) is 11.3 Å². The van der Waals surface area contributed by atoms with Gasteiger partial charge in [0, 0.05) is 22.7 Å². The van der Waals surface area contributed by atoms with E-state index in [4.69, 9.17) is 4.74 Å². The monoisotopic (exact) mass is 386 g/mol. The van der Waals surface area contributed by atoms with Gasteiger partial charge in [-0.25, -0.2) is 4.79 Å². The van der Waals surface area contributed by atoms with Crippen LogP contribution < -0.4 is 0 Å². The van der Waals surface area contributed by atoms with Crippen molar-refractivity contribution in [2.45, 2.75) is 13.0 Å². The third kappa shape index (κ3) is 3.73. The fourth-order valence-corrected chi connectivity index (χ4v) is 3.31. The lowest BCUT2D eigenvalue weighted by Gasteiger charge is -2.15. The highest BCUT2D eigenvalue weighted by atomic mass is 16.6. The molecule has 0 saturated heterocycles. The van der Waals surface area contributed by atoms with E-state index in [1.165, 1.54) is 6.07 Å². The molecule has 29 heavy (non-hydrogen) atoms. The average Bonchev–Trinajstić information content (AvgIpc) is 3.18. The lowest BCUT2D eigenvalue weighted by atomic mass is 10.0. The van der Waals surface area contributed by atoms with Gasteiger partial charge in [-0.2, -0.15) is 0 Å². The molecule has 1 aromatic heterocycles. The first-order valence-electron chi connectivity index (χ1n) is 9.15. The Morgan fingerprint density at radius 1 is 1.00 bits per heavy atom. The lowest BCUT2D eigenvalue weighted by Crippen LogP contribution is -2.11. The van der Waals surface area contributed by atoms with Gasteiger partial charge in [-0.15, -0.1) is 0 Å². The van der Waals surface area contributed by atoms with Crippen molar-refractivity contribution in [3.05, 3.63) is 100 Å². The number of hydrogen-bond acceptors (Lipinski definition) is 4. The van der Waals surface area contributed by atoms with Crippen LogP contribution in [-0.4, -0.2) is 15.9 Å². The number of nitrogens with one attached hydrogen (secondary N) is 1. The molecule has 0 saturated carbocycles. The van der Waals surface area contributed by atoms with Crippen molar-refractivity contribution >= 4 is 22.6 Å². The number of nitro benzene ring substituents is 1. The van der Waals surface area contributed by atoms with Crippen molar-refractivity contribution < 1.29 is 14.5 Å². The van der Waals surface area contributed by atoms with Crippen LogP contribution in [0.1, 0.15) is 28.9 Å². The molecule has 4 aromatic rings. The van der Waals surface area contributed by atoms with Crippen LogP contribution in [0, 0.1) is 10.1 Å². The first-order chi connectivity index (χ1) is 14.0. The number of aromatic amines is 1. The predicted octanol–water partition coefficient (Wildman–Crippen LogP) is 5.66. The van der Waals surface area contributed by atoms with Crippen LogP contribution >= 0.6 is 0 Å². The number of ether oxygens (including phenoxy) is 1. The van der Waals surface area contributed by atoms with Crippen LogP contribution in [0.25, 0.3) is 22.2 Å². The minimum absolute atomic E-state index is 0.0850. The van der Waals surface area contributed by atoms with E-state index in [0.29, 0.717) is 11.1 Å². The highest BCUT2D eigenvalue weighted by Crippen LogP contribution is 2.33. The summed E-state index contributed by atoms with van der Waals surface area (Å²) in [6.45, 7) is 1.64. The molecule has 0 aliphatic heterocycles. The molecule has 6 nitrogen and oxygen atoms in total. The maximum Gasteiger partial charge on any atom is 0.338 e. The Morgan fingerprint density at radius 3 is 2.45 bits per heavy atom. The van der Waals surface area contributed by atoms with E-state index in [9.17, 15) is 14.9 Å². The van der Waals surface area contributed by atoms with Crippen LogP contribution in [0.5, 0.6) is 0 Å². The molecule has 0 spiro atoms. The summed E-state index contributed by atoms with van der Waals surface area (Å²) in [5, 5.41) is 12.6. The summed E-state index contributed by atoms with van der Waals surface area (Å²) in [5.74, 6) is -0.525. The number of esters is 1. The number of nitrogens with zero attached hydrogens (tertiary/aromatic N) is 1. The van der Waals surface area contributed by atoms with E-state index >= 15 is 0 Å². The smallest absolute Gasteiger partial charge is 0.338 e. The Balaban J connectivity index is 1.69. The molecule has 3 aromatic carbocycles. The summed E-state index contributed by atoms with van der Waals surface area (Å²) in [6, 6.07) is 23.2. The minimum atomic E-state index is -0.785. The standard InChI is InChI=1S/C23H18N2O4/c1-15(29-23(26)16-7-3-2-4-8-16)19-13-18(11-12-22(19)25(27)28)21-14-17-9-5-6-10-20(17)24-21/h2-15,24H,1H3. The number of nitro groups is 1. The predicted molar refractivity (Wildman–Crippen MR) is 111 cm³/mol. The van der Waals surface area contributed by atoms with Gasteiger partial charge >= 0.3 is 5.97 Å². The number of benzene rings is 3. The van der Waals surface area contributed by atoms with Gasteiger partial charge < -0.3 is 9.72 Å². The Kier molecular flexibility index (Phi) is 4.83. The zero-order valence-electron chi connectivity index (χ0n) is 15.7. The summed E-state index contributed by atoms with van der Waals surface area (Å²) < 4.78 is 5.51. The number of para-hydroxylation sites is 1. The number of carbonyl (C=O) groups excluding carboxylic acids is 1. The van der Waals surface area contributed by atoms with Crippen LogP contribution in [0.2, 0.25) is 0 Å². The molecule has 0 bridgehead atoms. The summed E-state index contributed by atoms with van der Waals surface area (Å²) in [6.07, 6.45) is -0.785. The molecule has 0 aliphatic rings. The second-order valence-electron chi connectivity index (χ2n) is 6.71. The van der Waals surface area contributed by atoms with Crippen LogP contribution in [0.4, 0.5) is 5.69 Å². The van der Waals surface area contributed by atoms with Gasteiger partial charge in [0.05, 0.1) is 16.1 Å². The molecule has 4 rings (SSSR count). The molecular weight excluding hydrogens is 368 g/mol. The Bertz CT molecular complexity index is 1160. The van der Waals surface area contributed by atoms with Crippen LogP contribution in [-0.2, 0) is 4.74 Å². The topological polar surface area (TPSA) is 85.2 Å². The number of aromatic nitrogens is 1. The normalized spacial score (nSPS) is 11.9. The van der Waals surface area contributed by atoms with Crippen molar-refractivity contribution in [2.24, 2.45) is 0 Å². The van der Waals surface area contributed by atoms with E-state index in [1.54, 1.807) is 49.4 Å². The second kappa shape index (κ2) is 7.59. The molecule has 1 atom stereocenters. The van der Waals surface area contributed by atoms with E-state index in [-0.39, 0.29) is 5.69 Å². The molecule has 1 unspecified atom stereocenters. The summed E-state index contributed by atoms with van der Waals surface area (Å²) in [7, 11) is 0. The molecule has 0 radical (unpaired) electrons. The second-order valence-corrected chi connectivity index (χ2v) is 6.71. The number of rotatable bonds is 5. The number of fused-ring (bicyclic) bond motifs is 1. The third-order valence-corrected chi connectivity index (χ3v) is 4.80. The number of carbonyl (C=O) groups is 1. The molecule has 6 heteroatoms. The quantitative estimate of drug-likeness (QED) is 0.272. The molecular formula is C23H18N2O4. The molecule has 0 amide bonds. The zero-order valence-corrected chi connectivity index (χ0v) is 15.7. The van der Waals surface area contributed by atoms with Crippen molar-refractivity contribution in [3.63, 3.8) is 0 Å². The number of H-pyrrole nitrogens is 1. The van der Waals surface area contributed by atoms with Crippen molar-refractivity contribution in [1.82, 2.24) is 4.98 Å². The fraction of sp³-hybridized carbons (Fsp3) is 0.0870. The van der Waals surface area contributed by atoms with E-state index in [0.717, 1.165) is 22.2 Å². The molecule has 0 fully saturated rings. The molecule has 144 valence electrons. The highest BCUT2D eigenvalue weighted by Gasteiger charge is 2.23. The van der Waals surface area contributed by atoms with Gasteiger partial charge in [0.15, 0.2) is 0 Å². The molecule has 0 aliphatic carbocycles. The van der Waals surface area contributed by atoms with Crippen LogP contribution in [0.3, 0.4) is 0 Å². The van der Waals surface area contributed by atoms with Gasteiger partial charge in [0.1, 0.15) is 6.10 Å². The highest BCUT2D eigenvalue weighted by molar-refractivity contribution is 5.89. The molecule has 1 heterocycles. The minimum Gasteiger partial charge on any atom is -0.454 e. The van der Waals surface area contributed by atoms with Gasteiger partial charge in [-0.1, -0.05) is 36.4 Å². The summed E-state index contributed by atoms with van der Waals surface area (Å²) in [4.78, 5) is 26.8. The fourth-order valence-electron chi connectivity index (χ4n) is 3.31. The van der Waals surface area contributed by atoms with Crippen molar-refractivity contribution in [1.29, 1.82) is 0 Å². The van der Waals surface area contributed by atoms with Crippen LogP contribution in [0.15, 0.2) is 78.9 Å². The van der Waals surface area contributed by atoms with Gasteiger partial charge in [0.2, 0.25) is 0 Å². The summed E-state index contributed by atoms with van der Waals surface area (Å²) >= 11 is 0. The Labute approximate surface area is 166 Å². The number of hydrogen-bond donors (Lipinski definition) is 1. The maximum absolute atomic E-state index is 12.4. The lowest BCUT2D eigenvalue weighted by molar-refractivity contribution is -0.386. The van der Waals surface area contributed by atoms with Gasteiger partial charge in [-0.05, 0) is 48.9 Å². The Morgan fingerprint density at radius 2 is 1.72 bits per heavy atom. The first-order valence-corrected chi connectivity index (χ1v) is 9.15. The summed E-state index contributed by atoms with van der Waals surface area (Å²) in [5.41, 5.74) is 3.25. The van der Waals surface area contributed by atoms with Crippen molar-refractivity contribution in [2.75, 3.05) is 0 Å². The largest absolute Gasteiger partial charge is 0.454 e. The SMILES string of the molecule is CC(OC(=O)c1ccccc1)c1cc(-c2cc3ccccc3[nH]2)ccc1[N+](=O)[O-].